The maximum atomic E-state index is 12.1. The third-order valence-electron chi connectivity index (χ3n) is 3.91. The lowest BCUT2D eigenvalue weighted by Crippen LogP contribution is -2.32. The van der Waals surface area contributed by atoms with Crippen molar-refractivity contribution in [3.63, 3.8) is 0 Å². The molecule has 6 heteroatoms. The number of carboxylic acids is 1. The van der Waals surface area contributed by atoms with Crippen LogP contribution in [0.3, 0.4) is 0 Å². The van der Waals surface area contributed by atoms with Gasteiger partial charge in [-0.3, -0.25) is 9.59 Å². The van der Waals surface area contributed by atoms with Gasteiger partial charge in [0.15, 0.2) is 0 Å². The van der Waals surface area contributed by atoms with Crippen LogP contribution in [-0.4, -0.2) is 27.9 Å². The summed E-state index contributed by atoms with van der Waals surface area (Å²) in [4.78, 5) is 25.3. The van der Waals surface area contributed by atoms with Gasteiger partial charge in [0.2, 0.25) is 5.91 Å². The Morgan fingerprint density at radius 2 is 2.10 bits per heavy atom. The zero-order valence-electron chi connectivity index (χ0n) is 10.6. The lowest BCUT2D eigenvalue weighted by molar-refractivity contribution is -0.142. The van der Waals surface area contributed by atoms with Crippen molar-refractivity contribution >= 4 is 39.4 Å². The van der Waals surface area contributed by atoms with Crippen molar-refractivity contribution in [3.05, 3.63) is 33.3 Å². The van der Waals surface area contributed by atoms with Gasteiger partial charge in [0.1, 0.15) is 0 Å². The fourth-order valence-electron chi connectivity index (χ4n) is 2.85. The summed E-state index contributed by atoms with van der Waals surface area (Å²) in [5.41, 5.74) is 0.825. The smallest absolute Gasteiger partial charge is 0.309 e. The highest BCUT2D eigenvalue weighted by Crippen LogP contribution is 2.45. The van der Waals surface area contributed by atoms with Crippen molar-refractivity contribution in [2.75, 3.05) is 0 Å². The van der Waals surface area contributed by atoms with E-state index in [0.717, 1.165) is 22.9 Å². The Kier molecular flexibility index (Phi) is 3.50. The molecule has 0 bridgehead atoms. The Labute approximate surface area is 129 Å². The molecule has 0 spiro atoms. The lowest BCUT2D eigenvalue weighted by atomic mass is 9.93. The SMILES string of the molecule is O=C(O)C1CC(=O)N(C2CC2)C1c1ccc(Cl)c(Br)c1. The number of benzene rings is 1. The fourth-order valence-corrected chi connectivity index (χ4v) is 3.36. The van der Waals surface area contributed by atoms with Crippen LogP contribution >= 0.6 is 27.5 Å². The molecule has 1 amide bonds. The van der Waals surface area contributed by atoms with Gasteiger partial charge >= 0.3 is 5.97 Å². The molecule has 0 radical (unpaired) electrons. The van der Waals surface area contributed by atoms with Crippen molar-refractivity contribution in [1.82, 2.24) is 4.90 Å². The third-order valence-corrected chi connectivity index (χ3v) is 5.12. The summed E-state index contributed by atoms with van der Waals surface area (Å²) in [6.45, 7) is 0. The van der Waals surface area contributed by atoms with Crippen LogP contribution in [0.25, 0.3) is 0 Å². The largest absolute Gasteiger partial charge is 0.481 e. The summed E-state index contributed by atoms with van der Waals surface area (Å²) in [6, 6.07) is 5.17. The van der Waals surface area contributed by atoms with Crippen LogP contribution in [0.4, 0.5) is 0 Å². The molecule has 3 rings (SSSR count). The first-order chi connectivity index (χ1) is 9.49. The van der Waals surface area contributed by atoms with Crippen LogP contribution in [0.1, 0.15) is 30.9 Å². The van der Waals surface area contributed by atoms with Gasteiger partial charge < -0.3 is 10.0 Å². The summed E-state index contributed by atoms with van der Waals surface area (Å²) in [6.07, 6.45) is 2.00. The number of rotatable bonds is 3. The number of amides is 1. The topological polar surface area (TPSA) is 57.6 Å². The molecule has 20 heavy (non-hydrogen) atoms. The second-order valence-corrected chi connectivity index (χ2v) is 6.56. The van der Waals surface area contributed by atoms with E-state index < -0.39 is 11.9 Å². The minimum Gasteiger partial charge on any atom is -0.481 e. The molecule has 1 aliphatic heterocycles. The number of nitrogens with zero attached hydrogens (tertiary/aromatic N) is 1. The minimum atomic E-state index is -0.919. The van der Waals surface area contributed by atoms with Crippen LogP contribution in [0.15, 0.2) is 22.7 Å². The summed E-state index contributed by atoms with van der Waals surface area (Å²) < 4.78 is 0.718. The number of likely N-dealkylation sites (tertiary alicyclic amines) is 1. The summed E-state index contributed by atoms with van der Waals surface area (Å²) in [5, 5.41) is 9.96. The summed E-state index contributed by atoms with van der Waals surface area (Å²) in [5.74, 6) is -1.66. The van der Waals surface area contributed by atoms with Crippen LogP contribution in [0, 0.1) is 5.92 Å². The quantitative estimate of drug-likeness (QED) is 0.902. The number of carbonyl (C=O) groups is 2. The molecule has 1 N–H and O–H groups in total. The Balaban J connectivity index is 2.02. The molecular formula is C14H13BrClNO3. The van der Waals surface area contributed by atoms with Crippen molar-refractivity contribution in [2.45, 2.75) is 31.3 Å². The zero-order valence-corrected chi connectivity index (χ0v) is 12.9. The van der Waals surface area contributed by atoms with E-state index in [4.69, 9.17) is 11.6 Å². The van der Waals surface area contributed by atoms with E-state index in [9.17, 15) is 14.7 Å². The van der Waals surface area contributed by atoms with Gasteiger partial charge in [-0.2, -0.15) is 0 Å². The second-order valence-electron chi connectivity index (χ2n) is 5.30. The highest BCUT2D eigenvalue weighted by molar-refractivity contribution is 9.10. The molecule has 2 aliphatic rings. The first-order valence-electron chi connectivity index (χ1n) is 6.48. The number of carboxylic acid groups (broad SMARTS) is 1. The van der Waals surface area contributed by atoms with Crippen molar-refractivity contribution in [3.8, 4) is 0 Å². The third kappa shape index (κ3) is 2.33. The molecule has 4 nitrogen and oxygen atoms in total. The normalized spacial score (nSPS) is 26.1. The van der Waals surface area contributed by atoms with Gasteiger partial charge in [-0.15, -0.1) is 0 Å². The summed E-state index contributed by atoms with van der Waals surface area (Å²) >= 11 is 9.34. The maximum absolute atomic E-state index is 12.1. The minimum absolute atomic E-state index is 0.0593. The van der Waals surface area contributed by atoms with Gasteiger partial charge in [-0.1, -0.05) is 17.7 Å². The van der Waals surface area contributed by atoms with E-state index in [2.05, 4.69) is 15.9 Å². The molecule has 2 unspecified atom stereocenters. The van der Waals surface area contributed by atoms with E-state index >= 15 is 0 Å². The van der Waals surface area contributed by atoms with Gasteiger partial charge in [0.25, 0.3) is 0 Å². The van der Waals surface area contributed by atoms with Crippen molar-refractivity contribution < 1.29 is 14.7 Å². The van der Waals surface area contributed by atoms with E-state index in [-0.39, 0.29) is 24.4 Å². The van der Waals surface area contributed by atoms with Crippen LogP contribution in [0.2, 0.25) is 5.02 Å². The Hall–Kier alpha value is -1.07. The predicted octanol–water partition coefficient (Wildman–Crippen LogP) is 3.24. The monoisotopic (exact) mass is 357 g/mol. The Bertz CT molecular complexity index is 588. The van der Waals surface area contributed by atoms with Gasteiger partial charge in [-0.05, 0) is 46.5 Å². The van der Waals surface area contributed by atoms with E-state index in [0.29, 0.717) is 5.02 Å². The zero-order chi connectivity index (χ0) is 14.4. The molecule has 0 aromatic heterocycles. The molecule has 106 valence electrons. The maximum Gasteiger partial charge on any atom is 0.309 e. The molecule has 1 aromatic rings. The molecule has 1 heterocycles. The van der Waals surface area contributed by atoms with E-state index in [1.807, 2.05) is 12.1 Å². The van der Waals surface area contributed by atoms with E-state index in [1.54, 1.807) is 11.0 Å². The molecular weight excluding hydrogens is 346 g/mol. The van der Waals surface area contributed by atoms with Gasteiger partial charge in [-0.25, -0.2) is 0 Å². The highest BCUT2D eigenvalue weighted by atomic mass is 79.9. The van der Waals surface area contributed by atoms with Crippen molar-refractivity contribution in [1.29, 1.82) is 0 Å². The molecule has 1 aliphatic carbocycles. The first-order valence-corrected chi connectivity index (χ1v) is 7.65. The van der Waals surface area contributed by atoms with Gasteiger partial charge in [0.05, 0.1) is 17.0 Å². The average Bonchev–Trinajstić information content (AvgIpc) is 3.16. The second kappa shape index (κ2) is 5.04. The number of hydrogen-bond acceptors (Lipinski definition) is 2. The van der Waals surface area contributed by atoms with Crippen molar-refractivity contribution in [2.24, 2.45) is 5.92 Å². The highest BCUT2D eigenvalue weighted by Gasteiger charge is 2.49. The fraction of sp³-hybridized carbons (Fsp3) is 0.429. The van der Waals surface area contributed by atoms with Crippen LogP contribution in [0.5, 0.6) is 0 Å². The summed E-state index contributed by atoms with van der Waals surface area (Å²) in [7, 11) is 0. The molecule has 2 atom stereocenters. The average molecular weight is 359 g/mol. The van der Waals surface area contributed by atoms with Crippen LogP contribution in [-0.2, 0) is 9.59 Å². The number of halogens is 2. The lowest BCUT2D eigenvalue weighted by Gasteiger charge is -2.27. The van der Waals surface area contributed by atoms with Crippen LogP contribution < -0.4 is 0 Å². The molecule has 1 saturated carbocycles. The molecule has 2 fully saturated rings. The Morgan fingerprint density at radius 3 is 2.65 bits per heavy atom. The predicted molar refractivity (Wildman–Crippen MR) is 77.5 cm³/mol. The molecule has 1 saturated heterocycles. The number of aliphatic carboxylic acids is 1. The number of carbonyl (C=O) groups excluding carboxylic acids is 1. The van der Waals surface area contributed by atoms with E-state index in [1.165, 1.54) is 0 Å². The first kappa shape index (κ1) is 13.9. The van der Waals surface area contributed by atoms with Gasteiger partial charge in [0, 0.05) is 16.9 Å². The Morgan fingerprint density at radius 1 is 1.40 bits per heavy atom. The molecule has 1 aromatic carbocycles. The standard InChI is InChI=1S/C14H13BrClNO3/c15-10-5-7(1-4-11(10)16)13-9(14(19)20)6-12(18)17(13)8-2-3-8/h1,4-5,8-9,13H,2-3,6H2,(H,19,20). The number of hydrogen-bond donors (Lipinski definition) is 1.